The summed E-state index contributed by atoms with van der Waals surface area (Å²) in [7, 11) is 2.13. The van der Waals surface area contributed by atoms with Crippen LogP contribution in [0.3, 0.4) is 0 Å². The molecule has 0 saturated carbocycles. The first kappa shape index (κ1) is 17.0. The molecule has 2 rings (SSSR count). The molecule has 0 radical (unpaired) electrons. The van der Waals surface area contributed by atoms with Crippen molar-refractivity contribution in [1.29, 1.82) is 0 Å². The van der Waals surface area contributed by atoms with E-state index >= 15 is 0 Å². The van der Waals surface area contributed by atoms with Crippen LogP contribution in [0.5, 0.6) is 0 Å². The van der Waals surface area contributed by atoms with Crippen LogP contribution in [0.25, 0.3) is 0 Å². The maximum atomic E-state index is 3.68. The Kier molecular flexibility index (Phi) is 6.29. The second-order valence-electron chi connectivity index (χ2n) is 5.40. The third-order valence-corrected chi connectivity index (χ3v) is 5.61. The van der Waals surface area contributed by atoms with Crippen LogP contribution < -0.4 is 10.2 Å². The first-order chi connectivity index (χ1) is 9.95. The Morgan fingerprint density at radius 3 is 2.57 bits per heavy atom. The minimum atomic E-state index is 0.497. The fraction of sp³-hybridized carbons (Fsp3) is 0.375. The van der Waals surface area contributed by atoms with Crippen LogP contribution in [0.15, 0.2) is 38.6 Å². The SMILES string of the molecule is CC(C)NCc1ccc(N(C)Cc2cc(Br)cs2)cc1Br. The Labute approximate surface area is 147 Å². The number of benzene rings is 1. The number of halogens is 2. The van der Waals surface area contributed by atoms with Crippen molar-refractivity contribution in [2.45, 2.75) is 33.0 Å². The minimum absolute atomic E-state index is 0.497. The molecule has 0 aliphatic rings. The summed E-state index contributed by atoms with van der Waals surface area (Å²) in [5.41, 5.74) is 2.51. The van der Waals surface area contributed by atoms with Crippen LogP contribution in [-0.2, 0) is 13.1 Å². The van der Waals surface area contributed by atoms with Gasteiger partial charge in [0.2, 0.25) is 0 Å². The van der Waals surface area contributed by atoms with Crippen molar-refractivity contribution in [3.05, 3.63) is 49.0 Å². The molecule has 2 nitrogen and oxygen atoms in total. The molecular formula is C16H20Br2N2S. The lowest BCUT2D eigenvalue weighted by atomic mass is 10.2. The zero-order valence-electron chi connectivity index (χ0n) is 12.5. The third kappa shape index (κ3) is 5.09. The van der Waals surface area contributed by atoms with E-state index in [0.717, 1.165) is 22.0 Å². The third-order valence-electron chi connectivity index (χ3n) is 3.19. The lowest BCUT2D eigenvalue weighted by Crippen LogP contribution is -2.22. The minimum Gasteiger partial charge on any atom is -0.369 e. The van der Waals surface area contributed by atoms with Gasteiger partial charge in [0.1, 0.15) is 0 Å². The van der Waals surface area contributed by atoms with E-state index in [1.807, 2.05) is 0 Å². The zero-order chi connectivity index (χ0) is 15.4. The van der Waals surface area contributed by atoms with Crippen molar-refractivity contribution in [1.82, 2.24) is 5.32 Å². The van der Waals surface area contributed by atoms with Crippen molar-refractivity contribution >= 4 is 48.9 Å². The number of rotatable bonds is 6. The Morgan fingerprint density at radius 2 is 2.00 bits per heavy atom. The van der Waals surface area contributed by atoms with Crippen LogP contribution in [0.4, 0.5) is 5.69 Å². The van der Waals surface area contributed by atoms with Gasteiger partial charge >= 0.3 is 0 Å². The van der Waals surface area contributed by atoms with Crippen LogP contribution in [0, 0.1) is 0 Å². The molecule has 1 aromatic carbocycles. The van der Waals surface area contributed by atoms with E-state index in [4.69, 9.17) is 0 Å². The van der Waals surface area contributed by atoms with Gasteiger partial charge in [0.05, 0.1) is 6.54 Å². The summed E-state index contributed by atoms with van der Waals surface area (Å²) < 4.78 is 2.32. The number of nitrogens with one attached hydrogen (secondary N) is 1. The Hall–Kier alpha value is -0.360. The van der Waals surface area contributed by atoms with Crippen molar-refractivity contribution < 1.29 is 0 Å². The van der Waals surface area contributed by atoms with E-state index in [0.29, 0.717) is 6.04 Å². The predicted molar refractivity (Wildman–Crippen MR) is 100 cm³/mol. The van der Waals surface area contributed by atoms with Gasteiger partial charge in [-0.1, -0.05) is 35.8 Å². The highest BCUT2D eigenvalue weighted by molar-refractivity contribution is 9.10. The highest BCUT2D eigenvalue weighted by Crippen LogP contribution is 2.27. The van der Waals surface area contributed by atoms with Gasteiger partial charge in [-0.2, -0.15) is 0 Å². The fourth-order valence-corrected chi connectivity index (χ4v) is 4.00. The van der Waals surface area contributed by atoms with E-state index < -0.39 is 0 Å². The molecule has 0 fully saturated rings. The summed E-state index contributed by atoms with van der Waals surface area (Å²) in [5.74, 6) is 0. The number of hydrogen-bond acceptors (Lipinski definition) is 3. The van der Waals surface area contributed by atoms with Crippen LogP contribution in [-0.4, -0.2) is 13.1 Å². The fourth-order valence-electron chi connectivity index (χ4n) is 1.99. The molecule has 0 saturated heterocycles. The van der Waals surface area contributed by atoms with Crippen LogP contribution >= 0.6 is 43.2 Å². The number of nitrogens with zero attached hydrogens (tertiary/aromatic N) is 1. The molecule has 1 heterocycles. The van der Waals surface area contributed by atoms with E-state index in [1.165, 1.54) is 16.1 Å². The molecule has 1 N–H and O–H groups in total. The Morgan fingerprint density at radius 1 is 1.24 bits per heavy atom. The van der Waals surface area contributed by atoms with Gasteiger partial charge in [0.25, 0.3) is 0 Å². The summed E-state index contributed by atoms with van der Waals surface area (Å²) in [4.78, 5) is 3.62. The molecule has 1 aromatic heterocycles. The molecule has 0 unspecified atom stereocenters. The molecule has 0 amide bonds. The molecule has 114 valence electrons. The van der Waals surface area contributed by atoms with Crippen molar-refractivity contribution in [2.75, 3.05) is 11.9 Å². The van der Waals surface area contributed by atoms with Crippen molar-refractivity contribution in [3.63, 3.8) is 0 Å². The zero-order valence-corrected chi connectivity index (χ0v) is 16.5. The molecule has 0 aliphatic heterocycles. The quantitative estimate of drug-likeness (QED) is 0.657. The van der Waals surface area contributed by atoms with Crippen LogP contribution in [0.1, 0.15) is 24.3 Å². The molecule has 21 heavy (non-hydrogen) atoms. The summed E-state index contributed by atoms with van der Waals surface area (Å²) in [6, 6.07) is 9.24. The van der Waals surface area contributed by atoms with E-state index in [9.17, 15) is 0 Å². The summed E-state index contributed by atoms with van der Waals surface area (Å²) in [6.45, 7) is 6.14. The van der Waals surface area contributed by atoms with Gasteiger partial charge in [0.15, 0.2) is 0 Å². The maximum absolute atomic E-state index is 3.68. The molecule has 0 bridgehead atoms. The molecule has 0 aliphatic carbocycles. The van der Waals surface area contributed by atoms with Crippen molar-refractivity contribution in [2.24, 2.45) is 0 Å². The molecule has 5 heteroatoms. The maximum Gasteiger partial charge on any atom is 0.0519 e. The molecule has 2 aromatic rings. The summed E-state index contributed by atoms with van der Waals surface area (Å²) >= 11 is 8.97. The monoisotopic (exact) mass is 430 g/mol. The Balaban J connectivity index is 2.04. The van der Waals surface area contributed by atoms with E-state index in [2.05, 4.69) is 92.6 Å². The highest BCUT2D eigenvalue weighted by Gasteiger charge is 2.07. The lowest BCUT2D eigenvalue weighted by Gasteiger charge is -2.20. The van der Waals surface area contributed by atoms with Gasteiger partial charge in [-0.25, -0.2) is 0 Å². The molecule has 0 spiro atoms. The number of anilines is 1. The van der Waals surface area contributed by atoms with Gasteiger partial charge in [-0.15, -0.1) is 11.3 Å². The first-order valence-corrected chi connectivity index (χ1v) is 9.38. The topological polar surface area (TPSA) is 15.3 Å². The molecule has 0 atom stereocenters. The smallest absolute Gasteiger partial charge is 0.0519 e. The normalized spacial score (nSPS) is 11.1. The van der Waals surface area contributed by atoms with Gasteiger partial charge in [0, 0.05) is 44.5 Å². The second kappa shape index (κ2) is 7.77. The van der Waals surface area contributed by atoms with Gasteiger partial charge < -0.3 is 10.2 Å². The first-order valence-electron chi connectivity index (χ1n) is 6.91. The van der Waals surface area contributed by atoms with Gasteiger partial charge in [-0.05, 0) is 39.7 Å². The second-order valence-corrected chi connectivity index (χ2v) is 8.16. The highest BCUT2D eigenvalue weighted by atomic mass is 79.9. The molecular weight excluding hydrogens is 412 g/mol. The van der Waals surface area contributed by atoms with Crippen molar-refractivity contribution in [3.8, 4) is 0 Å². The van der Waals surface area contributed by atoms with Crippen LogP contribution in [0.2, 0.25) is 0 Å². The van der Waals surface area contributed by atoms with E-state index in [1.54, 1.807) is 11.3 Å². The van der Waals surface area contributed by atoms with E-state index in [-0.39, 0.29) is 0 Å². The average Bonchev–Trinajstić information content (AvgIpc) is 2.82. The predicted octanol–water partition coefficient (Wildman–Crippen LogP) is 5.41. The summed E-state index contributed by atoms with van der Waals surface area (Å²) in [5, 5.41) is 5.57. The Bertz CT molecular complexity index is 596. The summed E-state index contributed by atoms with van der Waals surface area (Å²) in [6.07, 6.45) is 0. The lowest BCUT2D eigenvalue weighted by molar-refractivity contribution is 0.588. The number of hydrogen-bond donors (Lipinski definition) is 1. The average molecular weight is 432 g/mol. The largest absolute Gasteiger partial charge is 0.369 e. The van der Waals surface area contributed by atoms with Gasteiger partial charge in [-0.3, -0.25) is 0 Å². The standard InChI is InChI=1S/C16H20Br2N2S/c1-11(2)19-8-12-4-5-14(7-16(12)18)20(3)9-15-6-13(17)10-21-15/h4-7,10-11,19H,8-9H2,1-3H3. The number of thiophene rings is 1.